The van der Waals surface area contributed by atoms with Crippen LogP contribution in [0.2, 0.25) is 0 Å². The van der Waals surface area contributed by atoms with E-state index < -0.39 is 0 Å². The number of carbonyl (C=O) groups is 1. The first-order valence-electron chi connectivity index (χ1n) is 8.50. The van der Waals surface area contributed by atoms with E-state index in [9.17, 15) is 4.79 Å². The highest BCUT2D eigenvalue weighted by Gasteiger charge is 2.04. The molecule has 6 heteroatoms. The lowest BCUT2D eigenvalue weighted by Crippen LogP contribution is -2.25. The van der Waals surface area contributed by atoms with Crippen molar-refractivity contribution in [2.45, 2.75) is 25.9 Å². The lowest BCUT2D eigenvalue weighted by Gasteiger charge is -2.08. The number of nitrogens with one attached hydrogen (secondary N) is 1. The molecule has 0 aromatic heterocycles. The van der Waals surface area contributed by atoms with E-state index in [1.807, 2.05) is 48.5 Å². The van der Waals surface area contributed by atoms with Crippen molar-refractivity contribution in [2.75, 3.05) is 26.0 Å². The quantitative estimate of drug-likeness (QED) is 0.491. The third-order valence-corrected chi connectivity index (χ3v) is 3.89. The van der Waals surface area contributed by atoms with Crippen LogP contribution in [-0.2, 0) is 22.6 Å². The summed E-state index contributed by atoms with van der Waals surface area (Å²) in [5.74, 6) is 0.877. The van der Waals surface area contributed by atoms with Gasteiger partial charge in [-0.2, -0.15) is 0 Å². The molecule has 26 heavy (non-hydrogen) atoms. The molecular formula is C20H27ClN2O3. The van der Waals surface area contributed by atoms with Gasteiger partial charge < -0.3 is 20.5 Å². The van der Waals surface area contributed by atoms with Crippen molar-refractivity contribution in [3.63, 3.8) is 0 Å². The molecule has 0 heterocycles. The summed E-state index contributed by atoms with van der Waals surface area (Å²) in [5.41, 5.74) is 8.73. The smallest absolute Gasteiger partial charge is 0.220 e. The zero-order valence-electron chi connectivity index (χ0n) is 15.1. The van der Waals surface area contributed by atoms with Crippen LogP contribution in [0.15, 0.2) is 48.5 Å². The minimum Gasteiger partial charge on any atom is -0.497 e. The second-order valence-electron chi connectivity index (χ2n) is 5.80. The molecule has 2 rings (SSSR count). The number of benzene rings is 2. The number of anilines is 1. The number of rotatable bonds is 10. The molecule has 142 valence electrons. The van der Waals surface area contributed by atoms with Gasteiger partial charge in [0.1, 0.15) is 5.75 Å². The van der Waals surface area contributed by atoms with E-state index in [-0.39, 0.29) is 18.3 Å². The van der Waals surface area contributed by atoms with Crippen LogP contribution in [0.3, 0.4) is 0 Å². The van der Waals surface area contributed by atoms with Crippen LogP contribution in [0.5, 0.6) is 5.75 Å². The number of para-hydroxylation sites is 1. The summed E-state index contributed by atoms with van der Waals surface area (Å²) in [6.07, 6.45) is 1.89. The molecule has 0 radical (unpaired) electrons. The number of nitrogens with two attached hydrogens (primary N) is 1. The first kappa shape index (κ1) is 21.8. The molecule has 0 aliphatic rings. The molecule has 0 bridgehead atoms. The number of halogens is 1. The Morgan fingerprint density at radius 1 is 1.12 bits per heavy atom. The zero-order chi connectivity index (χ0) is 17.9. The summed E-state index contributed by atoms with van der Waals surface area (Å²) in [5, 5.41) is 2.91. The Kier molecular flexibility index (Phi) is 10.2. The summed E-state index contributed by atoms with van der Waals surface area (Å²) in [6.45, 7) is 1.79. The molecular weight excluding hydrogens is 352 g/mol. The third-order valence-electron chi connectivity index (χ3n) is 3.89. The number of hydrogen-bond acceptors (Lipinski definition) is 4. The highest BCUT2D eigenvalue weighted by atomic mass is 35.5. The Labute approximate surface area is 161 Å². The van der Waals surface area contributed by atoms with Gasteiger partial charge in [-0.15, -0.1) is 12.4 Å². The largest absolute Gasteiger partial charge is 0.497 e. The van der Waals surface area contributed by atoms with Gasteiger partial charge in [0.2, 0.25) is 5.91 Å². The summed E-state index contributed by atoms with van der Waals surface area (Å²) in [4.78, 5) is 11.8. The highest BCUT2D eigenvalue weighted by molar-refractivity contribution is 5.85. The molecule has 0 spiro atoms. The molecule has 0 saturated heterocycles. The van der Waals surface area contributed by atoms with Crippen molar-refractivity contribution < 1.29 is 14.3 Å². The predicted molar refractivity (Wildman–Crippen MR) is 107 cm³/mol. The Balaban J connectivity index is 0.00000338. The average molecular weight is 379 g/mol. The maximum absolute atomic E-state index is 11.8. The van der Waals surface area contributed by atoms with Crippen molar-refractivity contribution in [3.05, 3.63) is 59.7 Å². The molecule has 5 nitrogen and oxygen atoms in total. The van der Waals surface area contributed by atoms with Crippen LogP contribution in [0, 0.1) is 0 Å². The maximum Gasteiger partial charge on any atom is 0.220 e. The summed E-state index contributed by atoms with van der Waals surface area (Å²) < 4.78 is 10.7. The van der Waals surface area contributed by atoms with Gasteiger partial charge >= 0.3 is 0 Å². The van der Waals surface area contributed by atoms with Crippen LogP contribution in [-0.4, -0.2) is 26.2 Å². The third kappa shape index (κ3) is 7.76. The Bertz CT molecular complexity index is 662. The fourth-order valence-corrected chi connectivity index (χ4v) is 2.41. The van der Waals surface area contributed by atoms with Gasteiger partial charge in [-0.3, -0.25) is 4.79 Å². The molecule has 0 atom stereocenters. The lowest BCUT2D eigenvalue weighted by molar-refractivity contribution is -0.121. The predicted octanol–water partition coefficient (Wildman–Crippen LogP) is 3.35. The number of amides is 1. The Morgan fingerprint density at radius 2 is 1.85 bits per heavy atom. The topological polar surface area (TPSA) is 73.6 Å². The van der Waals surface area contributed by atoms with Gasteiger partial charge in [0, 0.05) is 25.3 Å². The normalized spacial score (nSPS) is 10.0. The van der Waals surface area contributed by atoms with Gasteiger partial charge in [-0.25, -0.2) is 0 Å². The fourth-order valence-electron chi connectivity index (χ4n) is 2.41. The van der Waals surface area contributed by atoms with E-state index in [1.165, 1.54) is 0 Å². The molecule has 3 N–H and O–H groups in total. The summed E-state index contributed by atoms with van der Waals surface area (Å²) in [6, 6.07) is 15.4. The SMILES string of the molecule is COc1ccc(COCCCNC(=O)CCc2ccccc2N)cc1.Cl. The molecule has 1 amide bonds. The van der Waals surface area contributed by atoms with Crippen molar-refractivity contribution in [2.24, 2.45) is 0 Å². The molecule has 0 unspecified atom stereocenters. The minimum atomic E-state index is 0. The minimum absolute atomic E-state index is 0. The van der Waals surface area contributed by atoms with Crippen LogP contribution < -0.4 is 15.8 Å². The van der Waals surface area contributed by atoms with Crippen molar-refractivity contribution in [1.82, 2.24) is 5.32 Å². The summed E-state index contributed by atoms with van der Waals surface area (Å²) in [7, 11) is 1.65. The van der Waals surface area contributed by atoms with Gasteiger partial charge in [0.05, 0.1) is 13.7 Å². The number of carbonyl (C=O) groups excluding carboxylic acids is 1. The van der Waals surface area contributed by atoms with E-state index in [4.69, 9.17) is 15.2 Å². The second kappa shape index (κ2) is 12.2. The Hall–Kier alpha value is -2.24. The molecule has 0 fully saturated rings. The molecule has 2 aromatic rings. The number of aryl methyl sites for hydroxylation is 1. The van der Waals surface area contributed by atoms with Gasteiger partial charge in [-0.1, -0.05) is 30.3 Å². The summed E-state index contributed by atoms with van der Waals surface area (Å²) >= 11 is 0. The average Bonchev–Trinajstić information content (AvgIpc) is 2.64. The van der Waals surface area contributed by atoms with Crippen LogP contribution in [0.1, 0.15) is 24.0 Å². The Morgan fingerprint density at radius 3 is 2.54 bits per heavy atom. The van der Waals surface area contributed by atoms with Crippen LogP contribution in [0.4, 0.5) is 5.69 Å². The van der Waals surface area contributed by atoms with E-state index in [1.54, 1.807) is 7.11 Å². The van der Waals surface area contributed by atoms with Gasteiger partial charge in [0.15, 0.2) is 0 Å². The molecule has 0 saturated carbocycles. The zero-order valence-corrected chi connectivity index (χ0v) is 15.9. The van der Waals surface area contributed by atoms with Gasteiger partial charge in [0.25, 0.3) is 0 Å². The molecule has 0 aliphatic carbocycles. The van der Waals surface area contributed by atoms with Crippen LogP contribution >= 0.6 is 12.4 Å². The number of ether oxygens (including phenoxy) is 2. The molecule has 2 aromatic carbocycles. The first-order valence-corrected chi connectivity index (χ1v) is 8.50. The van der Waals surface area contributed by atoms with Crippen molar-refractivity contribution in [1.29, 1.82) is 0 Å². The van der Waals surface area contributed by atoms with Gasteiger partial charge in [-0.05, 0) is 42.2 Å². The van der Waals surface area contributed by atoms with Crippen LogP contribution in [0.25, 0.3) is 0 Å². The lowest BCUT2D eigenvalue weighted by atomic mass is 10.1. The highest BCUT2D eigenvalue weighted by Crippen LogP contribution is 2.13. The fraction of sp³-hybridized carbons (Fsp3) is 0.350. The number of methoxy groups -OCH3 is 1. The second-order valence-corrected chi connectivity index (χ2v) is 5.80. The van der Waals surface area contributed by atoms with E-state index in [0.717, 1.165) is 29.0 Å². The maximum atomic E-state index is 11.8. The van der Waals surface area contributed by atoms with E-state index in [2.05, 4.69) is 5.32 Å². The number of nitrogen functional groups attached to an aromatic ring is 1. The van der Waals surface area contributed by atoms with E-state index >= 15 is 0 Å². The monoisotopic (exact) mass is 378 g/mol. The number of hydrogen-bond donors (Lipinski definition) is 2. The molecule has 0 aliphatic heterocycles. The van der Waals surface area contributed by atoms with Crippen molar-refractivity contribution in [3.8, 4) is 5.75 Å². The standard InChI is InChI=1S/C20H26N2O3.ClH/c1-24-18-10-7-16(8-11-18)15-25-14-4-13-22-20(23)12-9-17-5-2-3-6-19(17)21;/h2-3,5-8,10-11H,4,9,12-15,21H2,1H3,(H,22,23);1H. The van der Waals surface area contributed by atoms with Crippen molar-refractivity contribution >= 4 is 24.0 Å². The first-order chi connectivity index (χ1) is 12.2. The van der Waals surface area contributed by atoms with E-state index in [0.29, 0.717) is 32.6 Å².